The maximum Gasteiger partial charge on any atom is -0.00429 e. The molecule has 0 saturated heterocycles. The van der Waals surface area contributed by atoms with Crippen molar-refractivity contribution in [2.45, 2.75) is 32.1 Å². The molecule has 15 heavy (non-hydrogen) atoms. The van der Waals surface area contributed by atoms with E-state index in [2.05, 4.69) is 25.1 Å². The van der Waals surface area contributed by atoms with Gasteiger partial charge in [0.25, 0.3) is 0 Å². The molecule has 1 nitrogen and oxygen atoms in total. The third kappa shape index (κ3) is 1.26. The number of nitrogens with two attached hydrogens (primary N) is 1. The number of hydrogen-bond acceptors (Lipinski definition) is 1. The van der Waals surface area contributed by atoms with E-state index in [1.54, 1.807) is 11.1 Å². The van der Waals surface area contributed by atoms with Gasteiger partial charge in [-0.2, -0.15) is 0 Å². The molecule has 2 aliphatic rings. The van der Waals surface area contributed by atoms with Crippen molar-refractivity contribution in [3.63, 3.8) is 0 Å². The summed E-state index contributed by atoms with van der Waals surface area (Å²) in [6, 6.07) is 6.79. The van der Waals surface area contributed by atoms with Crippen LogP contribution in [0.3, 0.4) is 0 Å². The van der Waals surface area contributed by atoms with Gasteiger partial charge in [0.1, 0.15) is 0 Å². The third-order valence-electron chi connectivity index (χ3n) is 4.50. The van der Waals surface area contributed by atoms with Crippen molar-refractivity contribution < 1.29 is 0 Å². The van der Waals surface area contributed by atoms with Gasteiger partial charge in [-0.25, -0.2) is 0 Å². The molecule has 0 aromatic heterocycles. The minimum Gasteiger partial charge on any atom is -0.330 e. The van der Waals surface area contributed by atoms with E-state index in [1.165, 1.54) is 24.8 Å². The first kappa shape index (κ1) is 9.41. The van der Waals surface area contributed by atoms with Crippen molar-refractivity contribution in [1.82, 2.24) is 0 Å². The summed E-state index contributed by atoms with van der Waals surface area (Å²) in [5.74, 6) is 2.43. The fourth-order valence-electron chi connectivity index (χ4n) is 3.75. The van der Waals surface area contributed by atoms with E-state index in [4.69, 9.17) is 5.73 Å². The van der Waals surface area contributed by atoms with Gasteiger partial charge in [-0.3, -0.25) is 0 Å². The Balaban J connectivity index is 2.05. The van der Waals surface area contributed by atoms with Crippen LogP contribution < -0.4 is 5.73 Å². The number of hydrogen-bond donors (Lipinski definition) is 1. The fraction of sp³-hybridized carbons (Fsp3) is 0.571. The van der Waals surface area contributed by atoms with Gasteiger partial charge in [0.05, 0.1) is 0 Å². The van der Waals surface area contributed by atoms with Crippen LogP contribution >= 0.6 is 0 Å². The SMILES string of the molecule is Cc1cccc2c1CC1CC[C@H](CN)C21. The lowest BCUT2D eigenvalue weighted by Gasteiger charge is -2.18. The molecule has 1 saturated carbocycles. The van der Waals surface area contributed by atoms with Gasteiger partial charge in [0, 0.05) is 0 Å². The van der Waals surface area contributed by atoms with Crippen LogP contribution in [0.25, 0.3) is 0 Å². The summed E-state index contributed by atoms with van der Waals surface area (Å²) in [4.78, 5) is 0. The van der Waals surface area contributed by atoms with Crippen LogP contribution in [0.2, 0.25) is 0 Å². The molecule has 0 radical (unpaired) electrons. The average Bonchev–Trinajstić information content (AvgIpc) is 2.77. The van der Waals surface area contributed by atoms with Crippen LogP contribution in [0.1, 0.15) is 35.4 Å². The Morgan fingerprint density at radius 1 is 1.33 bits per heavy atom. The van der Waals surface area contributed by atoms with Crippen molar-refractivity contribution in [2.24, 2.45) is 17.6 Å². The number of aryl methyl sites for hydroxylation is 1. The van der Waals surface area contributed by atoms with E-state index in [9.17, 15) is 0 Å². The van der Waals surface area contributed by atoms with Gasteiger partial charge in [0.15, 0.2) is 0 Å². The highest BCUT2D eigenvalue weighted by molar-refractivity contribution is 5.42. The van der Waals surface area contributed by atoms with Crippen LogP contribution in [0.15, 0.2) is 18.2 Å². The van der Waals surface area contributed by atoms with E-state index >= 15 is 0 Å². The predicted octanol–water partition coefficient (Wildman–Crippen LogP) is 2.62. The van der Waals surface area contributed by atoms with Gasteiger partial charge in [-0.15, -0.1) is 0 Å². The van der Waals surface area contributed by atoms with Crippen molar-refractivity contribution in [1.29, 1.82) is 0 Å². The van der Waals surface area contributed by atoms with E-state index < -0.39 is 0 Å². The Morgan fingerprint density at radius 3 is 3.00 bits per heavy atom. The molecule has 0 heterocycles. The second-order valence-corrected chi connectivity index (χ2v) is 5.21. The zero-order chi connectivity index (χ0) is 10.4. The van der Waals surface area contributed by atoms with E-state index in [-0.39, 0.29) is 0 Å². The Kier molecular flexibility index (Phi) is 2.10. The summed E-state index contributed by atoms with van der Waals surface area (Å²) < 4.78 is 0. The molecule has 0 amide bonds. The highest BCUT2D eigenvalue weighted by Crippen LogP contribution is 2.51. The third-order valence-corrected chi connectivity index (χ3v) is 4.50. The average molecular weight is 201 g/mol. The molecule has 0 spiro atoms. The quantitative estimate of drug-likeness (QED) is 0.742. The smallest absolute Gasteiger partial charge is 0.00429 e. The minimum absolute atomic E-state index is 0.748. The predicted molar refractivity (Wildman–Crippen MR) is 62.9 cm³/mol. The van der Waals surface area contributed by atoms with Crippen LogP contribution in [0.5, 0.6) is 0 Å². The van der Waals surface area contributed by atoms with E-state index in [0.29, 0.717) is 0 Å². The lowest BCUT2D eigenvalue weighted by molar-refractivity contribution is 0.447. The molecule has 1 heteroatoms. The van der Waals surface area contributed by atoms with Gasteiger partial charge in [0.2, 0.25) is 0 Å². The highest BCUT2D eigenvalue weighted by Gasteiger charge is 2.41. The Morgan fingerprint density at radius 2 is 2.20 bits per heavy atom. The van der Waals surface area contributed by atoms with E-state index in [0.717, 1.165) is 24.3 Å². The topological polar surface area (TPSA) is 26.0 Å². The van der Waals surface area contributed by atoms with Crippen molar-refractivity contribution in [3.8, 4) is 0 Å². The van der Waals surface area contributed by atoms with Gasteiger partial charge < -0.3 is 5.73 Å². The maximum absolute atomic E-state index is 5.88. The Hall–Kier alpha value is -0.820. The van der Waals surface area contributed by atoms with Crippen molar-refractivity contribution >= 4 is 0 Å². The van der Waals surface area contributed by atoms with Gasteiger partial charge in [-0.05, 0) is 67.2 Å². The molecule has 0 bridgehead atoms. The molecule has 1 fully saturated rings. The largest absolute Gasteiger partial charge is 0.330 e. The zero-order valence-electron chi connectivity index (χ0n) is 9.37. The zero-order valence-corrected chi connectivity index (χ0v) is 9.37. The normalized spacial score (nSPS) is 32.8. The first-order valence-electron chi connectivity index (χ1n) is 6.09. The van der Waals surface area contributed by atoms with Gasteiger partial charge >= 0.3 is 0 Å². The van der Waals surface area contributed by atoms with Crippen LogP contribution in [0.4, 0.5) is 0 Å². The fourth-order valence-corrected chi connectivity index (χ4v) is 3.75. The summed E-state index contributed by atoms with van der Waals surface area (Å²) in [5, 5.41) is 0. The molecule has 2 unspecified atom stereocenters. The molecule has 80 valence electrons. The molecule has 1 aromatic rings. The molecule has 3 rings (SSSR count). The van der Waals surface area contributed by atoms with Crippen molar-refractivity contribution in [2.75, 3.05) is 6.54 Å². The van der Waals surface area contributed by atoms with Crippen LogP contribution in [-0.2, 0) is 6.42 Å². The lowest BCUT2D eigenvalue weighted by atomic mass is 9.88. The highest BCUT2D eigenvalue weighted by atomic mass is 14.6. The first-order chi connectivity index (χ1) is 7.31. The minimum atomic E-state index is 0.748. The molecule has 2 aliphatic carbocycles. The van der Waals surface area contributed by atoms with Crippen LogP contribution in [-0.4, -0.2) is 6.54 Å². The molecule has 3 atom stereocenters. The first-order valence-corrected chi connectivity index (χ1v) is 6.09. The number of benzene rings is 1. The van der Waals surface area contributed by atoms with Gasteiger partial charge in [-0.1, -0.05) is 18.2 Å². The maximum atomic E-state index is 5.88. The molecule has 0 aliphatic heterocycles. The molecule has 2 N–H and O–H groups in total. The second kappa shape index (κ2) is 3.34. The summed E-state index contributed by atoms with van der Waals surface area (Å²) in [6.45, 7) is 3.12. The summed E-state index contributed by atoms with van der Waals surface area (Å²) >= 11 is 0. The summed E-state index contributed by atoms with van der Waals surface area (Å²) in [7, 11) is 0. The van der Waals surface area contributed by atoms with E-state index in [1.807, 2.05) is 0 Å². The van der Waals surface area contributed by atoms with Crippen molar-refractivity contribution in [3.05, 3.63) is 34.9 Å². The number of rotatable bonds is 1. The monoisotopic (exact) mass is 201 g/mol. The second-order valence-electron chi connectivity index (χ2n) is 5.21. The molecule has 1 aromatic carbocycles. The van der Waals surface area contributed by atoms with Crippen LogP contribution in [0, 0.1) is 18.8 Å². The molecular formula is C14H19N. The standard InChI is InChI=1S/C14H19N/c1-9-3-2-4-12-13(9)7-10-5-6-11(8-15)14(10)12/h2-4,10-11,14H,5-8,15H2,1H3/t10?,11-,14?/m1/s1. The Bertz CT molecular complexity index is 383. The number of fused-ring (bicyclic) bond motifs is 3. The summed E-state index contributed by atoms with van der Waals surface area (Å²) in [6.07, 6.45) is 4.04. The Labute approximate surface area is 91.7 Å². The molecular weight excluding hydrogens is 182 g/mol. The lowest BCUT2D eigenvalue weighted by Crippen LogP contribution is -2.18. The summed E-state index contributed by atoms with van der Waals surface area (Å²) in [5.41, 5.74) is 10.6.